The normalized spacial score (nSPS) is 12.3. The fourth-order valence-corrected chi connectivity index (χ4v) is 9.56. The molecule has 1 atom stereocenters. The Morgan fingerprint density at radius 3 is 0.836 bits per heavy atom. The zero-order valence-corrected chi connectivity index (χ0v) is 48.9. The quantitative estimate of drug-likeness (QED) is 0.0261. The molecule has 0 aliphatic carbocycles. The summed E-state index contributed by atoms with van der Waals surface area (Å²) in [6, 6.07) is 0. The number of rotatable bonds is 59. The van der Waals surface area contributed by atoms with Gasteiger partial charge in [0.2, 0.25) is 0 Å². The number of carbonyl (C=O) groups excluding carboxylic acids is 3. The lowest BCUT2D eigenvalue weighted by atomic mass is 10.0. The lowest BCUT2D eigenvalue weighted by molar-refractivity contribution is -0.167. The van der Waals surface area contributed by atoms with E-state index in [9.17, 15) is 14.4 Å². The van der Waals surface area contributed by atoms with Crippen molar-refractivity contribution in [1.82, 2.24) is 0 Å². The monoisotopic (exact) mass is 1020 g/mol. The average molecular weight is 1020 g/mol. The van der Waals surface area contributed by atoms with Crippen LogP contribution in [0.1, 0.15) is 342 Å². The molecule has 0 rings (SSSR count). The summed E-state index contributed by atoms with van der Waals surface area (Å²) in [7, 11) is 0. The molecule has 0 amide bonds. The molecule has 0 N–H and O–H groups in total. The molecule has 0 bridgehead atoms. The SMILES string of the molecule is CC/C=C\C/C=C\C/C=C\C/C=C\CCCCCCCCCCCCCCCCCCCCC(=O)OCC(COC(=O)CCCCCCCCCCC)OC(=O)CCCCCCCCCCCCCCCCC. The van der Waals surface area contributed by atoms with E-state index in [-0.39, 0.29) is 31.1 Å². The van der Waals surface area contributed by atoms with Gasteiger partial charge in [-0.15, -0.1) is 0 Å². The van der Waals surface area contributed by atoms with Crippen LogP contribution in [0.2, 0.25) is 0 Å². The van der Waals surface area contributed by atoms with Gasteiger partial charge in [-0.1, -0.05) is 313 Å². The molecule has 426 valence electrons. The van der Waals surface area contributed by atoms with Crippen LogP contribution in [-0.4, -0.2) is 37.2 Å². The third-order valence-corrected chi connectivity index (χ3v) is 14.3. The van der Waals surface area contributed by atoms with Crippen LogP contribution in [0.5, 0.6) is 0 Å². The molecule has 6 heteroatoms. The molecule has 0 aliphatic heterocycles. The summed E-state index contributed by atoms with van der Waals surface area (Å²) in [4.78, 5) is 38.1. The minimum atomic E-state index is -0.766. The van der Waals surface area contributed by atoms with Gasteiger partial charge < -0.3 is 14.2 Å². The first-order valence-corrected chi connectivity index (χ1v) is 32.1. The highest BCUT2D eigenvalue weighted by atomic mass is 16.6. The molecule has 0 saturated carbocycles. The van der Waals surface area contributed by atoms with E-state index in [0.717, 1.165) is 83.5 Å². The molecule has 6 nitrogen and oxygen atoms in total. The van der Waals surface area contributed by atoms with Gasteiger partial charge in [0.05, 0.1) is 0 Å². The number of hydrogen-bond acceptors (Lipinski definition) is 6. The smallest absolute Gasteiger partial charge is 0.306 e. The van der Waals surface area contributed by atoms with Crippen molar-refractivity contribution in [3.8, 4) is 0 Å². The number of hydrogen-bond donors (Lipinski definition) is 0. The molecule has 0 fully saturated rings. The van der Waals surface area contributed by atoms with Crippen LogP contribution in [0.4, 0.5) is 0 Å². The van der Waals surface area contributed by atoms with Crippen LogP contribution in [0.25, 0.3) is 0 Å². The number of carbonyl (C=O) groups is 3. The Morgan fingerprint density at radius 1 is 0.288 bits per heavy atom. The standard InChI is InChI=1S/C67H122O6/c1-4-7-10-13-16-19-21-23-25-26-27-28-29-30-31-32-33-34-35-36-37-38-39-40-42-43-45-48-51-54-57-60-66(69)72-63-64(62-71-65(68)59-56-53-50-47-18-15-12-9-6-3)73-67(70)61-58-55-52-49-46-44-41-24-22-20-17-14-11-8-5-2/h7,10,16,19,23,25,27-28,64H,4-6,8-9,11-15,17-18,20-22,24,26,29-63H2,1-3H3/b10-7-,19-16-,25-23-,28-27-. The fraction of sp³-hybridized carbons (Fsp3) is 0.836. The van der Waals surface area contributed by atoms with Gasteiger partial charge in [0.1, 0.15) is 13.2 Å². The highest BCUT2D eigenvalue weighted by Gasteiger charge is 2.19. The number of allylic oxidation sites excluding steroid dienone is 8. The van der Waals surface area contributed by atoms with Crippen LogP contribution in [0, 0.1) is 0 Å². The predicted octanol–water partition coefficient (Wildman–Crippen LogP) is 21.8. The first kappa shape index (κ1) is 70.4. The zero-order chi connectivity index (χ0) is 52.9. The van der Waals surface area contributed by atoms with Crippen molar-refractivity contribution in [2.45, 2.75) is 348 Å². The second-order valence-corrected chi connectivity index (χ2v) is 21.7. The molecule has 0 heterocycles. The van der Waals surface area contributed by atoms with Crippen molar-refractivity contribution in [3.63, 3.8) is 0 Å². The van der Waals surface area contributed by atoms with Gasteiger partial charge in [-0.05, 0) is 57.8 Å². The summed E-state index contributed by atoms with van der Waals surface area (Å²) in [6.07, 6.45) is 77.1. The molecule has 0 aromatic carbocycles. The van der Waals surface area contributed by atoms with Gasteiger partial charge in [0.25, 0.3) is 0 Å². The Bertz CT molecular complexity index is 1270. The molecule has 0 aromatic rings. The Kier molecular flexibility index (Phi) is 59.7. The first-order valence-electron chi connectivity index (χ1n) is 32.1. The van der Waals surface area contributed by atoms with Crippen molar-refractivity contribution in [2.24, 2.45) is 0 Å². The second-order valence-electron chi connectivity index (χ2n) is 21.7. The molecule has 0 aromatic heterocycles. The lowest BCUT2D eigenvalue weighted by Gasteiger charge is -2.18. The highest BCUT2D eigenvalue weighted by Crippen LogP contribution is 2.18. The second kappa shape index (κ2) is 61.9. The van der Waals surface area contributed by atoms with Gasteiger partial charge in [-0.25, -0.2) is 0 Å². The van der Waals surface area contributed by atoms with Gasteiger partial charge in [0.15, 0.2) is 6.10 Å². The maximum absolute atomic E-state index is 12.8. The molecule has 0 aliphatic rings. The Morgan fingerprint density at radius 2 is 0.534 bits per heavy atom. The molecular weight excluding hydrogens is 901 g/mol. The van der Waals surface area contributed by atoms with Gasteiger partial charge in [-0.3, -0.25) is 14.4 Å². The van der Waals surface area contributed by atoms with Crippen molar-refractivity contribution >= 4 is 17.9 Å². The summed E-state index contributed by atoms with van der Waals surface area (Å²) in [5.41, 5.74) is 0. The van der Waals surface area contributed by atoms with Crippen LogP contribution < -0.4 is 0 Å². The molecule has 0 radical (unpaired) electrons. The zero-order valence-electron chi connectivity index (χ0n) is 48.9. The minimum Gasteiger partial charge on any atom is -0.462 e. The Hall–Kier alpha value is -2.63. The van der Waals surface area contributed by atoms with E-state index in [0.29, 0.717) is 19.3 Å². The predicted molar refractivity (Wildman–Crippen MR) is 316 cm³/mol. The third-order valence-electron chi connectivity index (χ3n) is 14.3. The van der Waals surface area contributed by atoms with E-state index in [2.05, 4.69) is 69.4 Å². The van der Waals surface area contributed by atoms with Crippen molar-refractivity contribution in [1.29, 1.82) is 0 Å². The van der Waals surface area contributed by atoms with Crippen LogP contribution in [0.15, 0.2) is 48.6 Å². The lowest BCUT2D eigenvalue weighted by Crippen LogP contribution is -2.30. The summed E-state index contributed by atoms with van der Waals surface area (Å²) < 4.78 is 16.9. The molecular formula is C67H122O6. The first-order chi connectivity index (χ1) is 36.0. The van der Waals surface area contributed by atoms with E-state index < -0.39 is 6.10 Å². The Labute approximate surface area is 454 Å². The van der Waals surface area contributed by atoms with E-state index in [4.69, 9.17) is 14.2 Å². The highest BCUT2D eigenvalue weighted by molar-refractivity contribution is 5.71. The summed E-state index contributed by atoms with van der Waals surface area (Å²) in [5.74, 6) is -0.846. The van der Waals surface area contributed by atoms with Crippen molar-refractivity contribution < 1.29 is 28.6 Å². The summed E-state index contributed by atoms with van der Waals surface area (Å²) >= 11 is 0. The van der Waals surface area contributed by atoms with Crippen molar-refractivity contribution in [2.75, 3.05) is 13.2 Å². The third kappa shape index (κ3) is 60.1. The van der Waals surface area contributed by atoms with Crippen LogP contribution in [0.3, 0.4) is 0 Å². The fourth-order valence-electron chi connectivity index (χ4n) is 9.56. The summed E-state index contributed by atoms with van der Waals surface area (Å²) in [5, 5.41) is 0. The van der Waals surface area contributed by atoms with E-state index in [1.54, 1.807) is 0 Å². The van der Waals surface area contributed by atoms with Crippen LogP contribution in [-0.2, 0) is 28.6 Å². The number of esters is 3. The minimum absolute atomic E-state index is 0.0660. The molecule has 0 saturated heterocycles. The average Bonchev–Trinajstić information content (AvgIpc) is 3.39. The summed E-state index contributed by atoms with van der Waals surface area (Å²) in [6.45, 7) is 6.56. The topological polar surface area (TPSA) is 78.9 Å². The maximum atomic E-state index is 12.8. The number of unbranched alkanes of at least 4 members (excludes halogenated alkanes) is 40. The van der Waals surface area contributed by atoms with E-state index >= 15 is 0 Å². The van der Waals surface area contributed by atoms with Gasteiger partial charge >= 0.3 is 17.9 Å². The molecule has 0 spiro atoms. The van der Waals surface area contributed by atoms with Crippen LogP contribution >= 0.6 is 0 Å². The molecule has 73 heavy (non-hydrogen) atoms. The largest absolute Gasteiger partial charge is 0.462 e. The van der Waals surface area contributed by atoms with Gasteiger partial charge in [-0.2, -0.15) is 0 Å². The number of ether oxygens (including phenoxy) is 3. The van der Waals surface area contributed by atoms with E-state index in [1.807, 2.05) is 0 Å². The Balaban J connectivity index is 4.05. The van der Waals surface area contributed by atoms with Crippen molar-refractivity contribution in [3.05, 3.63) is 48.6 Å². The molecule has 1 unspecified atom stereocenters. The van der Waals surface area contributed by atoms with E-state index in [1.165, 1.54) is 218 Å². The van der Waals surface area contributed by atoms with Gasteiger partial charge in [0, 0.05) is 19.3 Å². The maximum Gasteiger partial charge on any atom is 0.306 e.